The van der Waals surface area contributed by atoms with Crippen LogP contribution in [0.25, 0.3) is 0 Å². The maximum absolute atomic E-state index is 14.1. The van der Waals surface area contributed by atoms with Gasteiger partial charge in [-0.15, -0.1) is 0 Å². The molecule has 0 aromatic carbocycles. The van der Waals surface area contributed by atoms with Gasteiger partial charge < -0.3 is 128 Å². The van der Waals surface area contributed by atoms with Crippen molar-refractivity contribution in [1.29, 1.82) is 0 Å². The second-order valence-corrected chi connectivity index (χ2v) is 27.5. The fourth-order valence-electron chi connectivity index (χ4n) is 12.5. The third-order valence-corrected chi connectivity index (χ3v) is 18.8. The largest absolute Gasteiger partial charge is 0.463 e. The third-order valence-electron chi connectivity index (χ3n) is 18.8. The summed E-state index contributed by atoms with van der Waals surface area (Å²) in [7, 11) is 0. The third kappa shape index (κ3) is 41.7. The topological polar surface area (TPSA) is 444 Å². The second kappa shape index (κ2) is 58.9. The van der Waals surface area contributed by atoms with E-state index >= 15 is 0 Å². The summed E-state index contributed by atoms with van der Waals surface area (Å²) in [5.41, 5.74) is 0. The van der Waals surface area contributed by atoms with Crippen LogP contribution in [0.1, 0.15) is 141 Å². The van der Waals surface area contributed by atoms with Gasteiger partial charge >= 0.3 is 11.9 Å². The Balaban J connectivity index is 1.42. The zero-order valence-electron chi connectivity index (χ0n) is 67.0. The summed E-state index contributed by atoms with van der Waals surface area (Å²) in [6, 6.07) is -3.45. The summed E-state index contributed by atoms with van der Waals surface area (Å²) in [4.78, 5) is 126. The molecule has 0 aliphatic carbocycles. The van der Waals surface area contributed by atoms with Crippen LogP contribution in [0.2, 0.25) is 0 Å². The number of hydrogen-bond acceptors (Lipinski definition) is 28. The van der Waals surface area contributed by atoms with Gasteiger partial charge in [-0.1, -0.05) is 48.5 Å². The van der Waals surface area contributed by atoms with Crippen LogP contribution < -0.4 is 42.5 Å². The van der Waals surface area contributed by atoms with E-state index in [1.807, 2.05) is 0 Å². The number of rotatable bonds is 61. The lowest BCUT2D eigenvalue weighted by Gasteiger charge is -2.44. The van der Waals surface area contributed by atoms with Crippen LogP contribution in [-0.2, 0) is 128 Å². The van der Waals surface area contributed by atoms with Crippen molar-refractivity contribution in [2.75, 3.05) is 172 Å². The van der Waals surface area contributed by atoms with Crippen molar-refractivity contribution in [3.05, 3.63) is 0 Å². The molecule has 0 saturated carbocycles. The molecule has 36 nitrogen and oxygen atoms in total. The number of aliphatic hydroxyl groups is 1. The highest BCUT2D eigenvalue weighted by atomic mass is 16.7. The van der Waals surface area contributed by atoms with Crippen LogP contribution in [0.4, 0.5) is 0 Å². The standard InChI is InChI=1S/C74H132N8O28/c1-13-60-48(3)50(5)66(78-53(8)84)72(108-60)103-41-38-97-29-26-94-32-36-101-46-64(90)76-23-18-16-21-59(81-65(91)47-102-37-34-96-28-31-98-39-42-104-73-67(79-54(9)85)51(6)49(4)61(14-2)109-73)71(93)82-58(70(92)77-24-19-25-83)20-15-17-22-75-63(89)45-100-35-33-95-27-30-99-40-43-105-74-68(80-55(10)86)52(7)69(107-57(12)88)62(110-74)44-106-56(11)87/h48-52,58-62,66-69,72-74,83H,13-47H2,1-12H3,(H,75,89)(H,76,90)(H,77,92)(H,78,84)(H,79,85)(H,80,86)(H,81,91)(H,82,93)/t48-,49-,50+,51+,52-,58+,59+,60-,61-,62-,66-,67-,68-,69-,72-,73-,74-/m1/s1. The molecule has 3 heterocycles. The lowest BCUT2D eigenvalue weighted by atomic mass is 9.81. The molecule has 3 saturated heterocycles. The smallest absolute Gasteiger partial charge is 0.303 e. The molecule has 0 aromatic rings. The Morgan fingerprint density at radius 2 is 0.718 bits per heavy atom. The molecule has 0 spiro atoms. The molecule has 3 fully saturated rings. The van der Waals surface area contributed by atoms with Gasteiger partial charge in [0.1, 0.15) is 50.7 Å². The highest BCUT2D eigenvalue weighted by Gasteiger charge is 2.48. The summed E-state index contributed by atoms with van der Waals surface area (Å²) >= 11 is 0. The highest BCUT2D eigenvalue weighted by molar-refractivity contribution is 5.92. The Morgan fingerprint density at radius 1 is 0.373 bits per heavy atom. The van der Waals surface area contributed by atoms with Crippen molar-refractivity contribution in [3.63, 3.8) is 0 Å². The van der Waals surface area contributed by atoms with E-state index in [-0.39, 0.29) is 249 Å². The number of amides is 8. The fourth-order valence-corrected chi connectivity index (χ4v) is 12.5. The second-order valence-electron chi connectivity index (χ2n) is 27.5. The normalized spacial score (nSPS) is 24.4. The van der Waals surface area contributed by atoms with Crippen LogP contribution in [0.5, 0.6) is 0 Å². The van der Waals surface area contributed by atoms with Gasteiger partial charge in [0.15, 0.2) is 18.9 Å². The van der Waals surface area contributed by atoms with Gasteiger partial charge in [-0.3, -0.25) is 47.9 Å². The molecule has 8 amide bonds. The van der Waals surface area contributed by atoms with E-state index in [1.165, 1.54) is 34.6 Å². The number of unbranched alkanes of at least 4 members (excludes halogenated alkanes) is 2. The maximum Gasteiger partial charge on any atom is 0.303 e. The minimum absolute atomic E-state index is 0.00101. The number of nitrogens with one attached hydrogen (secondary N) is 8. The van der Waals surface area contributed by atoms with Gasteiger partial charge in [0, 0.05) is 66.8 Å². The van der Waals surface area contributed by atoms with E-state index < -0.39 is 91.4 Å². The molecule has 636 valence electrons. The Hall–Kier alpha value is -5.94. The SMILES string of the molecule is CC[C@H]1O[C@@H](OCCOCCOCCOCC(=O)NCCCC[C@H](NC(=O)COCCOCCOCCO[C@@H]2O[C@H](CC)[C@H](C)[C@H](C)[C@H]2NC(C)=O)C(=O)N[C@@H](CCCCNC(=O)COCCOCCOCCO[C@@H]2O[C@H](COC(C)=O)[C@H](OC(C)=O)[C@H](C)[C@H]2NC(C)=O)C(=O)NCCCO)[C@H](NC(C)=O)[C@@H](C)[C@H]1C. The summed E-state index contributed by atoms with van der Waals surface area (Å²) in [5, 5.41) is 32.0. The van der Waals surface area contributed by atoms with Gasteiger partial charge in [0.2, 0.25) is 47.3 Å². The van der Waals surface area contributed by atoms with Crippen LogP contribution in [0.15, 0.2) is 0 Å². The van der Waals surface area contributed by atoms with Crippen LogP contribution in [0, 0.1) is 29.6 Å². The number of hydrogen-bond donors (Lipinski definition) is 9. The molecular weight excluding hydrogens is 1450 g/mol. The average Bonchev–Trinajstić information content (AvgIpc) is 0.794. The van der Waals surface area contributed by atoms with Crippen molar-refractivity contribution < 1.29 is 134 Å². The molecule has 9 N–H and O–H groups in total. The van der Waals surface area contributed by atoms with E-state index in [0.717, 1.165) is 12.8 Å². The van der Waals surface area contributed by atoms with Crippen LogP contribution >= 0.6 is 0 Å². The Labute approximate surface area is 648 Å². The zero-order chi connectivity index (χ0) is 81.0. The lowest BCUT2D eigenvalue weighted by Crippen LogP contribution is -2.62. The Bertz CT molecular complexity index is 2620. The first kappa shape index (κ1) is 98.3. The Kier molecular flexibility index (Phi) is 52.6. The van der Waals surface area contributed by atoms with E-state index in [2.05, 4.69) is 84.1 Å². The van der Waals surface area contributed by atoms with Crippen molar-refractivity contribution >= 4 is 59.2 Å². The van der Waals surface area contributed by atoms with Crippen molar-refractivity contribution in [2.45, 2.75) is 214 Å². The summed E-state index contributed by atoms with van der Waals surface area (Å²) in [6.07, 6.45) is -0.0622. The first-order chi connectivity index (χ1) is 52.8. The van der Waals surface area contributed by atoms with Crippen molar-refractivity contribution in [2.24, 2.45) is 29.6 Å². The molecule has 0 bridgehead atoms. The van der Waals surface area contributed by atoms with Crippen molar-refractivity contribution in [1.82, 2.24) is 42.5 Å². The predicted octanol–water partition coefficient (Wildman–Crippen LogP) is 0.411. The van der Waals surface area contributed by atoms with E-state index in [9.17, 15) is 53.1 Å². The van der Waals surface area contributed by atoms with E-state index in [4.69, 9.17) is 80.5 Å². The minimum Gasteiger partial charge on any atom is -0.463 e. The summed E-state index contributed by atoms with van der Waals surface area (Å²) < 4.78 is 97.2. The zero-order valence-corrected chi connectivity index (χ0v) is 67.0. The van der Waals surface area contributed by atoms with Crippen LogP contribution in [0.3, 0.4) is 0 Å². The molecule has 3 rings (SSSR count). The number of ether oxygens (including phenoxy) is 17. The van der Waals surface area contributed by atoms with Crippen LogP contribution in [-0.4, -0.2) is 309 Å². The van der Waals surface area contributed by atoms with Gasteiger partial charge in [0.25, 0.3) is 0 Å². The number of esters is 2. The molecule has 0 radical (unpaired) electrons. The Morgan fingerprint density at radius 3 is 1.08 bits per heavy atom. The molecule has 0 aromatic heterocycles. The number of carbonyl (C=O) groups excluding carboxylic acids is 10. The van der Waals surface area contributed by atoms with E-state index in [0.29, 0.717) is 38.9 Å². The van der Waals surface area contributed by atoms with Gasteiger partial charge in [-0.25, -0.2) is 0 Å². The molecule has 0 unspecified atom stereocenters. The van der Waals surface area contributed by atoms with Gasteiger partial charge in [-0.2, -0.15) is 0 Å². The van der Waals surface area contributed by atoms with Gasteiger partial charge in [-0.05, 0) is 81.5 Å². The summed E-state index contributed by atoms with van der Waals surface area (Å²) in [6.45, 7) is 23.9. The molecule has 36 heteroatoms. The number of aliphatic hydroxyl groups excluding tert-OH is 1. The quantitative estimate of drug-likeness (QED) is 0.0294. The monoisotopic (exact) mass is 1580 g/mol. The molecule has 17 atom stereocenters. The van der Waals surface area contributed by atoms with E-state index in [1.54, 1.807) is 6.92 Å². The predicted molar refractivity (Wildman–Crippen MR) is 395 cm³/mol. The molecule has 3 aliphatic rings. The highest BCUT2D eigenvalue weighted by Crippen LogP contribution is 2.35. The van der Waals surface area contributed by atoms with Gasteiger partial charge in [0.05, 0.1) is 149 Å². The van der Waals surface area contributed by atoms with Crippen molar-refractivity contribution in [3.8, 4) is 0 Å². The first-order valence-electron chi connectivity index (χ1n) is 39.0. The molecular formula is C74H132N8O28. The lowest BCUT2D eigenvalue weighted by molar-refractivity contribution is -0.264. The number of carbonyl (C=O) groups is 10. The average molecular weight is 1580 g/mol. The summed E-state index contributed by atoms with van der Waals surface area (Å²) in [5.74, 6) is -3.97. The molecule has 110 heavy (non-hydrogen) atoms. The fraction of sp³-hybridized carbons (Fsp3) is 0.865. The minimum atomic E-state index is -1.12. The maximum atomic E-state index is 14.1. The molecule has 3 aliphatic heterocycles. The first-order valence-corrected chi connectivity index (χ1v) is 39.0.